The molecule has 7 heteroatoms. The minimum absolute atomic E-state index is 0.236. The number of carbonyl (C=O) groups is 2. The van der Waals surface area contributed by atoms with E-state index in [-0.39, 0.29) is 18.0 Å². The van der Waals surface area contributed by atoms with Crippen LogP contribution in [0.25, 0.3) is 0 Å². The van der Waals surface area contributed by atoms with Crippen LogP contribution in [-0.4, -0.2) is 43.3 Å². The number of hydrogen-bond donors (Lipinski definition) is 0. The van der Waals surface area contributed by atoms with Crippen LogP contribution in [0.15, 0.2) is 18.2 Å². The third-order valence-electron chi connectivity index (χ3n) is 4.59. The average molecular weight is 373 g/mol. The lowest BCUT2D eigenvalue weighted by Gasteiger charge is -2.21. The summed E-state index contributed by atoms with van der Waals surface area (Å²) in [7, 11) is 1.48. The molecule has 0 fully saturated rings. The highest BCUT2D eigenvalue weighted by molar-refractivity contribution is 6.00. The van der Waals surface area contributed by atoms with E-state index in [1.54, 1.807) is 0 Å². The van der Waals surface area contributed by atoms with Crippen molar-refractivity contribution >= 4 is 11.8 Å². The molecule has 0 aliphatic carbocycles. The number of aromatic nitrogens is 1. The van der Waals surface area contributed by atoms with Gasteiger partial charge in [-0.25, -0.2) is 4.79 Å². The van der Waals surface area contributed by atoms with Crippen LogP contribution in [0, 0.1) is 13.8 Å². The van der Waals surface area contributed by atoms with Crippen LogP contribution in [-0.2, 0) is 11.3 Å². The molecule has 27 heavy (non-hydrogen) atoms. The van der Waals surface area contributed by atoms with Gasteiger partial charge >= 0.3 is 5.97 Å². The highest BCUT2D eigenvalue weighted by Crippen LogP contribution is 2.40. The molecule has 3 rings (SSSR count). The van der Waals surface area contributed by atoms with E-state index in [9.17, 15) is 9.59 Å². The predicted molar refractivity (Wildman–Crippen MR) is 98.2 cm³/mol. The summed E-state index contributed by atoms with van der Waals surface area (Å²) in [4.78, 5) is 24.9. The molecule has 0 spiro atoms. The summed E-state index contributed by atoms with van der Waals surface area (Å²) >= 11 is 0. The number of nitrogens with zero attached hydrogens (tertiary/aromatic N) is 1. The number of fused-ring (bicyclic) bond motifs is 1. The first kappa shape index (κ1) is 18.8. The lowest BCUT2D eigenvalue weighted by atomic mass is 10.1. The molecule has 0 unspecified atom stereocenters. The first-order chi connectivity index (χ1) is 13.0. The molecule has 1 aromatic carbocycles. The predicted octanol–water partition coefficient (Wildman–Crippen LogP) is 2.94. The number of benzene rings is 1. The molecule has 1 aromatic heterocycles. The molecule has 0 atom stereocenters. The number of hydrogen-bond acceptors (Lipinski definition) is 6. The Bertz CT molecular complexity index is 866. The quantitative estimate of drug-likeness (QED) is 0.572. The second-order valence-electron chi connectivity index (χ2n) is 6.23. The maximum absolute atomic E-state index is 12.5. The molecule has 0 amide bonds. The normalized spacial score (nSPS) is 12.6. The highest BCUT2D eigenvalue weighted by Gasteiger charge is 2.23. The van der Waals surface area contributed by atoms with Crippen molar-refractivity contribution in [2.45, 2.75) is 27.3 Å². The number of carbonyl (C=O) groups excluding carboxylic acids is 2. The number of ketones is 1. The van der Waals surface area contributed by atoms with Gasteiger partial charge in [0.15, 0.2) is 18.1 Å². The summed E-state index contributed by atoms with van der Waals surface area (Å²) in [5.41, 5.74) is 2.68. The molecule has 1 aliphatic rings. The molecular weight excluding hydrogens is 350 g/mol. The van der Waals surface area contributed by atoms with Gasteiger partial charge in [-0.3, -0.25) is 4.79 Å². The number of rotatable bonds is 6. The molecule has 7 nitrogen and oxygen atoms in total. The zero-order valence-electron chi connectivity index (χ0n) is 16.0. The minimum Gasteiger partial charge on any atom is -0.493 e. The van der Waals surface area contributed by atoms with Crippen LogP contribution in [0.5, 0.6) is 17.2 Å². The summed E-state index contributed by atoms with van der Waals surface area (Å²) in [6.45, 7) is 7.10. The first-order valence-corrected chi connectivity index (χ1v) is 8.81. The molecule has 0 N–H and O–H groups in total. The molecule has 2 aromatic rings. The van der Waals surface area contributed by atoms with Gasteiger partial charge in [0.2, 0.25) is 11.5 Å². The Morgan fingerprint density at radius 1 is 1.15 bits per heavy atom. The highest BCUT2D eigenvalue weighted by atomic mass is 16.6. The number of aryl methyl sites for hydroxylation is 1. The standard InChI is InChI=1S/C20H23NO6/c1-5-21-12(2)8-15(13(21)3)16(22)11-27-20(23)14-9-17(24-4)19-18(10-14)25-6-7-26-19/h8-10H,5-7,11H2,1-4H3. The van der Waals surface area contributed by atoms with E-state index in [0.29, 0.717) is 36.0 Å². The third kappa shape index (κ3) is 3.63. The van der Waals surface area contributed by atoms with Crippen LogP contribution in [0.4, 0.5) is 0 Å². The van der Waals surface area contributed by atoms with E-state index >= 15 is 0 Å². The Kier molecular flexibility index (Phi) is 5.39. The summed E-state index contributed by atoms with van der Waals surface area (Å²) < 4.78 is 23.6. The number of Topliss-reactive ketones (excluding diaryl/α,β-unsaturated/α-hetero) is 1. The fourth-order valence-corrected chi connectivity index (χ4v) is 3.25. The van der Waals surface area contributed by atoms with Crippen molar-refractivity contribution in [2.75, 3.05) is 26.9 Å². The molecule has 0 radical (unpaired) electrons. The number of ether oxygens (including phenoxy) is 4. The van der Waals surface area contributed by atoms with Crippen LogP contribution >= 0.6 is 0 Å². The van der Waals surface area contributed by atoms with Gasteiger partial charge in [-0.05, 0) is 39.0 Å². The van der Waals surface area contributed by atoms with E-state index in [4.69, 9.17) is 18.9 Å². The van der Waals surface area contributed by atoms with Crippen molar-refractivity contribution in [3.63, 3.8) is 0 Å². The Hall–Kier alpha value is -2.96. The SMILES string of the molecule is CCn1c(C)cc(C(=O)COC(=O)c2cc(OC)c3c(c2)OCCO3)c1C. The molecule has 0 saturated heterocycles. The summed E-state index contributed by atoms with van der Waals surface area (Å²) in [6.07, 6.45) is 0. The van der Waals surface area contributed by atoms with Crippen LogP contribution < -0.4 is 14.2 Å². The van der Waals surface area contributed by atoms with Gasteiger partial charge in [0.25, 0.3) is 0 Å². The lowest BCUT2D eigenvalue weighted by Crippen LogP contribution is -2.18. The number of methoxy groups -OCH3 is 1. The third-order valence-corrected chi connectivity index (χ3v) is 4.59. The van der Waals surface area contributed by atoms with Gasteiger partial charge in [-0.1, -0.05) is 0 Å². The van der Waals surface area contributed by atoms with Gasteiger partial charge < -0.3 is 23.5 Å². The van der Waals surface area contributed by atoms with Crippen molar-refractivity contribution < 1.29 is 28.5 Å². The average Bonchev–Trinajstić information content (AvgIpc) is 2.98. The first-order valence-electron chi connectivity index (χ1n) is 8.81. The van der Waals surface area contributed by atoms with E-state index in [1.807, 2.05) is 31.4 Å². The van der Waals surface area contributed by atoms with Gasteiger partial charge in [0.1, 0.15) is 13.2 Å². The Morgan fingerprint density at radius 2 is 1.89 bits per heavy atom. The van der Waals surface area contributed by atoms with Crippen molar-refractivity contribution in [3.05, 3.63) is 40.7 Å². The fraction of sp³-hybridized carbons (Fsp3) is 0.400. The van der Waals surface area contributed by atoms with Crippen LogP contribution in [0.3, 0.4) is 0 Å². The maximum atomic E-state index is 12.5. The van der Waals surface area contributed by atoms with Gasteiger partial charge in [0, 0.05) is 23.5 Å². The molecule has 144 valence electrons. The topological polar surface area (TPSA) is 76.0 Å². The van der Waals surface area contributed by atoms with Crippen LogP contribution in [0.2, 0.25) is 0 Å². The second-order valence-corrected chi connectivity index (χ2v) is 6.23. The molecule has 1 aliphatic heterocycles. The number of esters is 1. The molecule has 0 saturated carbocycles. The zero-order chi connectivity index (χ0) is 19.6. The van der Waals surface area contributed by atoms with Gasteiger partial charge in [0.05, 0.1) is 12.7 Å². The largest absolute Gasteiger partial charge is 0.493 e. The summed E-state index contributed by atoms with van der Waals surface area (Å²) in [5.74, 6) is 0.411. The van der Waals surface area contributed by atoms with Crippen molar-refractivity contribution in [1.29, 1.82) is 0 Å². The Morgan fingerprint density at radius 3 is 2.56 bits per heavy atom. The summed E-state index contributed by atoms with van der Waals surface area (Å²) in [6, 6.07) is 4.87. The van der Waals surface area contributed by atoms with Crippen molar-refractivity contribution in [2.24, 2.45) is 0 Å². The minimum atomic E-state index is -0.622. The lowest BCUT2D eigenvalue weighted by molar-refractivity contribution is 0.0473. The zero-order valence-corrected chi connectivity index (χ0v) is 16.0. The van der Waals surface area contributed by atoms with E-state index in [1.165, 1.54) is 19.2 Å². The van der Waals surface area contributed by atoms with Crippen molar-refractivity contribution in [3.8, 4) is 17.2 Å². The molecule has 2 heterocycles. The van der Waals surface area contributed by atoms with E-state index in [2.05, 4.69) is 0 Å². The Labute approximate surface area is 157 Å². The second kappa shape index (κ2) is 7.73. The molecule has 0 bridgehead atoms. The Balaban J connectivity index is 1.73. The van der Waals surface area contributed by atoms with Gasteiger partial charge in [-0.15, -0.1) is 0 Å². The van der Waals surface area contributed by atoms with Gasteiger partial charge in [-0.2, -0.15) is 0 Å². The van der Waals surface area contributed by atoms with E-state index < -0.39 is 5.97 Å². The smallest absolute Gasteiger partial charge is 0.338 e. The monoisotopic (exact) mass is 373 g/mol. The van der Waals surface area contributed by atoms with E-state index in [0.717, 1.165) is 17.9 Å². The molecular formula is C20H23NO6. The fourth-order valence-electron chi connectivity index (χ4n) is 3.25. The van der Waals surface area contributed by atoms with Crippen molar-refractivity contribution in [1.82, 2.24) is 4.57 Å². The van der Waals surface area contributed by atoms with Crippen LogP contribution in [0.1, 0.15) is 39.0 Å². The summed E-state index contributed by atoms with van der Waals surface area (Å²) in [5, 5.41) is 0. The maximum Gasteiger partial charge on any atom is 0.338 e.